The molecule has 0 saturated heterocycles. The summed E-state index contributed by atoms with van der Waals surface area (Å²) in [7, 11) is 0. The fourth-order valence-corrected chi connectivity index (χ4v) is 2.72. The van der Waals surface area contributed by atoms with E-state index in [1.54, 1.807) is 6.92 Å². The Labute approximate surface area is 168 Å². The summed E-state index contributed by atoms with van der Waals surface area (Å²) in [5, 5.41) is 4.84. The molecule has 1 aromatic heterocycles. The van der Waals surface area contributed by atoms with Crippen LogP contribution in [0.3, 0.4) is 0 Å². The Kier molecular flexibility index (Phi) is 5.95. The van der Waals surface area contributed by atoms with E-state index < -0.39 is 29.4 Å². The summed E-state index contributed by atoms with van der Waals surface area (Å²) in [4.78, 5) is 32.5. The number of benzene rings is 1. The van der Waals surface area contributed by atoms with E-state index in [1.807, 2.05) is 0 Å². The van der Waals surface area contributed by atoms with Crippen LogP contribution >= 0.6 is 0 Å². The molecule has 0 spiro atoms. The fraction of sp³-hybridized carbons (Fsp3) is 0.200. The highest BCUT2D eigenvalue weighted by molar-refractivity contribution is 6.07. The van der Waals surface area contributed by atoms with E-state index in [0.29, 0.717) is 5.82 Å². The number of carbonyl (C=O) groups is 2. The van der Waals surface area contributed by atoms with Gasteiger partial charge in [-0.3, -0.25) is 9.59 Å². The highest BCUT2D eigenvalue weighted by Crippen LogP contribution is 2.32. The molecule has 1 aliphatic carbocycles. The average Bonchev–Trinajstić information content (AvgIpc) is 2.70. The van der Waals surface area contributed by atoms with Gasteiger partial charge in [-0.2, -0.15) is 13.2 Å². The number of allylic oxidation sites excluding steroid dienone is 3. The molecule has 1 aromatic carbocycles. The molecule has 0 atom stereocenters. The molecule has 2 amide bonds. The molecule has 0 bridgehead atoms. The van der Waals surface area contributed by atoms with Crippen LogP contribution in [0.4, 0.5) is 28.9 Å². The molecule has 0 radical (unpaired) electrons. The van der Waals surface area contributed by atoms with E-state index in [2.05, 4.69) is 20.6 Å². The van der Waals surface area contributed by atoms with E-state index in [-0.39, 0.29) is 35.4 Å². The molecular formula is C20H16F4N4O2. The Hall–Kier alpha value is -3.56. The zero-order chi connectivity index (χ0) is 21.9. The summed E-state index contributed by atoms with van der Waals surface area (Å²) in [5.41, 5.74) is -0.994. The van der Waals surface area contributed by atoms with Crippen LogP contribution in [-0.2, 0) is 4.79 Å². The molecule has 10 heteroatoms. The van der Waals surface area contributed by atoms with Crippen LogP contribution in [0, 0.1) is 12.7 Å². The quantitative estimate of drug-likeness (QED) is 0.722. The highest BCUT2D eigenvalue weighted by atomic mass is 19.4. The van der Waals surface area contributed by atoms with Crippen molar-refractivity contribution in [2.45, 2.75) is 25.9 Å². The van der Waals surface area contributed by atoms with Gasteiger partial charge in [0.05, 0.1) is 29.2 Å². The average molecular weight is 420 g/mol. The SMILES string of the molecule is Cc1ncc(NC(=O)c2cc(NC(=O)C3=CC(C(F)(F)F)=CCC3)ccc2F)cn1. The van der Waals surface area contributed by atoms with E-state index >= 15 is 0 Å². The predicted molar refractivity (Wildman–Crippen MR) is 101 cm³/mol. The van der Waals surface area contributed by atoms with Gasteiger partial charge in [-0.05, 0) is 44.0 Å². The lowest BCUT2D eigenvalue weighted by molar-refractivity contribution is -0.113. The first-order valence-corrected chi connectivity index (χ1v) is 8.82. The molecule has 30 heavy (non-hydrogen) atoms. The minimum atomic E-state index is -4.55. The summed E-state index contributed by atoms with van der Waals surface area (Å²) >= 11 is 0. The maximum Gasteiger partial charge on any atom is 0.416 e. The van der Waals surface area contributed by atoms with E-state index in [0.717, 1.165) is 24.3 Å². The normalized spacial score (nSPS) is 13.9. The number of hydrogen-bond donors (Lipinski definition) is 2. The number of aryl methyl sites for hydroxylation is 1. The molecule has 1 heterocycles. The van der Waals surface area contributed by atoms with Gasteiger partial charge in [-0.15, -0.1) is 0 Å². The smallest absolute Gasteiger partial charge is 0.322 e. The van der Waals surface area contributed by atoms with Crippen molar-refractivity contribution in [2.75, 3.05) is 10.6 Å². The minimum Gasteiger partial charge on any atom is -0.322 e. The van der Waals surface area contributed by atoms with Gasteiger partial charge in [-0.1, -0.05) is 6.08 Å². The van der Waals surface area contributed by atoms with E-state index in [1.165, 1.54) is 18.5 Å². The van der Waals surface area contributed by atoms with Crippen molar-refractivity contribution in [3.63, 3.8) is 0 Å². The van der Waals surface area contributed by atoms with Crippen molar-refractivity contribution >= 4 is 23.2 Å². The molecule has 2 aromatic rings. The number of carbonyl (C=O) groups excluding carboxylic acids is 2. The molecule has 0 aliphatic heterocycles. The van der Waals surface area contributed by atoms with Crippen LogP contribution in [0.25, 0.3) is 0 Å². The summed E-state index contributed by atoms with van der Waals surface area (Å²) in [6.07, 6.45) is 0.166. The number of anilines is 2. The molecule has 0 saturated carbocycles. The first-order valence-electron chi connectivity index (χ1n) is 8.82. The fourth-order valence-electron chi connectivity index (χ4n) is 2.72. The van der Waals surface area contributed by atoms with Gasteiger partial charge in [0.2, 0.25) is 0 Å². The molecule has 6 nitrogen and oxygen atoms in total. The summed E-state index contributed by atoms with van der Waals surface area (Å²) in [6, 6.07) is 3.29. The number of hydrogen-bond acceptors (Lipinski definition) is 4. The Morgan fingerprint density at radius 1 is 1.03 bits per heavy atom. The maximum absolute atomic E-state index is 14.1. The monoisotopic (exact) mass is 420 g/mol. The first-order chi connectivity index (χ1) is 14.1. The van der Waals surface area contributed by atoms with Gasteiger partial charge in [-0.25, -0.2) is 14.4 Å². The summed E-state index contributed by atoms with van der Waals surface area (Å²) < 4.78 is 52.7. The second-order valence-corrected chi connectivity index (χ2v) is 6.49. The molecule has 156 valence electrons. The predicted octanol–water partition coefficient (Wildman–Crippen LogP) is 4.32. The number of alkyl halides is 3. The molecular weight excluding hydrogens is 404 g/mol. The van der Waals surface area contributed by atoms with E-state index in [9.17, 15) is 27.2 Å². The van der Waals surface area contributed by atoms with Crippen molar-refractivity contribution in [3.05, 3.63) is 71.1 Å². The summed E-state index contributed by atoms with van der Waals surface area (Å²) in [6.45, 7) is 1.66. The van der Waals surface area contributed by atoms with Crippen molar-refractivity contribution < 1.29 is 27.2 Å². The lowest BCUT2D eigenvalue weighted by Gasteiger charge is -2.16. The van der Waals surface area contributed by atoms with Gasteiger partial charge in [0.1, 0.15) is 11.6 Å². The summed E-state index contributed by atoms with van der Waals surface area (Å²) in [5.74, 6) is -1.90. The zero-order valence-electron chi connectivity index (χ0n) is 15.7. The Morgan fingerprint density at radius 3 is 2.37 bits per heavy atom. The number of nitrogens with zero attached hydrogens (tertiary/aromatic N) is 2. The third-order valence-corrected chi connectivity index (χ3v) is 4.23. The number of rotatable bonds is 4. The lowest BCUT2D eigenvalue weighted by atomic mass is 9.98. The van der Waals surface area contributed by atoms with Crippen LogP contribution in [-0.4, -0.2) is 28.0 Å². The largest absolute Gasteiger partial charge is 0.416 e. The van der Waals surface area contributed by atoms with Crippen LogP contribution < -0.4 is 10.6 Å². The second-order valence-electron chi connectivity index (χ2n) is 6.49. The number of aromatic nitrogens is 2. The topological polar surface area (TPSA) is 84.0 Å². The number of halogens is 4. The van der Waals surface area contributed by atoms with Gasteiger partial charge in [0, 0.05) is 11.3 Å². The van der Waals surface area contributed by atoms with Gasteiger partial charge >= 0.3 is 6.18 Å². The Bertz CT molecular complexity index is 1040. The third kappa shape index (κ3) is 5.07. The second kappa shape index (κ2) is 8.44. The van der Waals surface area contributed by atoms with Crippen molar-refractivity contribution in [3.8, 4) is 0 Å². The lowest BCUT2D eigenvalue weighted by Crippen LogP contribution is -2.20. The zero-order valence-corrected chi connectivity index (χ0v) is 15.7. The van der Waals surface area contributed by atoms with Crippen LogP contribution in [0.2, 0.25) is 0 Å². The molecule has 0 fully saturated rings. The Balaban J connectivity index is 1.75. The number of amides is 2. The molecule has 0 unspecified atom stereocenters. The van der Waals surface area contributed by atoms with Gasteiger partial charge in [0.25, 0.3) is 11.8 Å². The third-order valence-electron chi connectivity index (χ3n) is 4.23. The Morgan fingerprint density at radius 2 is 1.70 bits per heavy atom. The van der Waals surface area contributed by atoms with Crippen LogP contribution in [0.1, 0.15) is 29.0 Å². The molecule has 1 aliphatic rings. The van der Waals surface area contributed by atoms with E-state index in [4.69, 9.17) is 0 Å². The van der Waals surface area contributed by atoms with Crippen molar-refractivity contribution in [1.82, 2.24) is 9.97 Å². The standard InChI is InChI=1S/C20H16F4N4O2/c1-11-25-9-15(10-26-11)28-19(30)16-8-14(5-6-17(16)21)27-18(29)12-3-2-4-13(7-12)20(22,23)24/h4-10H,2-3H2,1H3,(H,27,29)(H,28,30). The van der Waals surface area contributed by atoms with Crippen molar-refractivity contribution in [1.29, 1.82) is 0 Å². The first kappa shape index (κ1) is 21.2. The number of nitrogens with one attached hydrogen (secondary N) is 2. The van der Waals surface area contributed by atoms with Gasteiger partial charge < -0.3 is 10.6 Å². The minimum absolute atomic E-state index is 0.0584. The maximum atomic E-state index is 14.1. The van der Waals surface area contributed by atoms with Crippen LogP contribution in [0.15, 0.2) is 53.9 Å². The van der Waals surface area contributed by atoms with Crippen molar-refractivity contribution in [2.24, 2.45) is 0 Å². The molecule has 2 N–H and O–H groups in total. The molecule has 3 rings (SSSR count). The van der Waals surface area contributed by atoms with Crippen LogP contribution in [0.5, 0.6) is 0 Å². The highest BCUT2D eigenvalue weighted by Gasteiger charge is 2.34. The van der Waals surface area contributed by atoms with Gasteiger partial charge in [0.15, 0.2) is 0 Å².